The fourth-order valence-electron chi connectivity index (χ4n) is 2.06. The number of ether oxygens (including phenoxy) is 1. The van der Waals surface area contributed by atoms with Gasteiger partial charge in [-0.15, -0.1) is 0 Å². The molecule has 0 unspecified atom stereocenters. The Bertz CT molecular complexity index is 590. The van der Waals surface area contributed by atoms with Crippen LogP contribution in [-0.4, -0.2) is 34.2 Å². The van der Waals surface area contributed by atoms with Gasteiger partial charge in [0.15, 0.2) is 0 Å². The number of hydrogen-bond acceptors (Lipinski definition) is 3. The van der Waals surface area contributed by atoms with Crippen LogP contribution in [0.1, 0.15) is 29.9 Å². The van der Waals surface area contributed by atoms with E-state index in [4.69, 9.17) is 4.74 Å². The number of benzene rings is 1. The average Bonchev–Trinajstić information content (AvgIpc) is 2.95. The Labute approximate surface area is 125 Å². The van der Waals surface area contributed by atoms with Gasteiger partial charge in [0.1, 0.15) is 5.75 Å². The molecule has 0 saturated heterocycles. The van der Waals surface area contributed by atoms with Gasteiger partial charge in [-0.25, -0.2) is 0 Å². The van der Waals surface area contributed by atoms with Crippen molar-refractivity contribution in [1.82, 2.24) is 14.7 Å². The van der Waals surface area contributed by atoms with E-state index in [-0.39, 0.29) is 5.91 Å². The van der Waals surface area contributed by atoms with Gasteiger partial charge in [-0.1, -0.05) is 0 Å². The zero-order valence-electron chi connectivity index (χ0n) is 12.7. The monoisotopic (exact) mass is 287 g/mol. The number of amides is 1. The third-order valence-electron chi connectivity index (χ3n) is 3.18. The molecule has 21 heavy (non-hydrogen) atoms. The first-order valence-electron chi connectivity index (χ1n) is 7.14. The van der Waals surface area contributed by atoms with Crippen molar-refractivity contribution >= 4 is 5.91 Å². The van der Waals surface area contributed by atoms with E-state index in [1.54, 1.807) is 24.1 Å². The summed E-state index contributed by atoms with van der Waals surface area (Å²) in [5.41, 5.74) is 1.54. The van der Waals surface area contributed by atoms with Gasteiger partial charge in [-0.05, 0) is 44.2 Å². The Balaban J connectivity index is 2.01. The van der Waals surface area contributed by atoms with E-state index in [0.717, 1.165) is 18.0 Å². The summed E-state index contributed by atoms with van der Waals surface area (Å²) in [6, 6.07) is 9.14. The molecule has 0 atom stereocenters. The van der Waals surface area contributed by atoms with Crippen molar-refractivity contribution in [2.45, 2.75) is 26.9 Å². The predicted octanol–water partition coefficient (Wildman–Crippen LogP) is 2.57. The Morgan fingerprint density at radius 2 is 1.95 bits per heavy atom. The fourth-order valence-corrected chi connectivity index (χ4v) is 2.06. The molecular formula is C16H21N3O2. The maximum atomic E-state index is 12.3. The number of nitrogens with zero attached hydrogens (tertiary/aromatic N) is 3. The van der Waals surface area contributed by atoms with Crippen LogP contribution in [0.15, 0.2) is 36.5 Å². The summed E-state index contributed by atoms with van der Waals surface area (Å²) < 4.78 is 7.23. The number of hydrogen-bond donors (Lipinski definition) is 0. The van der Waals surface area contributed by atoms with Gasteiger partial charge in [0, 0.05) is 25.4 Å². The lowest BCUT2D eigenvalue weighted by atomic mass is 10.2. The molecule has 112 valence electrons. The van der Waals surface area contributed by atoms with Gasteiger partial charge in [0.25, 0.3) is 5.91 Å². The molecule has 0 aliphatic rings. The van der Waals surface area contributed by atoms with Crippen LogP contribution < -0.4 is 4.74 Å². The molecule has 0 fully saturated rings. The molecule has 0 spiro atoms. The summed E-state index contributed by atoms with van der Waals surface area (Å²) in [4.78, 5) is 14.0. The highest BCUT2D eigenvalue weighted by atomic mass is 16.5. The Kier molecular flexibility index (Phi) is 4.98. The lowest BCUT2D eigenvalue weighted by Gasteiger charge is -2.16. The van der Waals surface area contributed by atoms with Crippen molar-refractivity contribution < 1.29 is 9.53 Å². The molecule has 0 radical (unpaired) electrons. The Hall–Kier alpha value is -2.30. The summed E-state index contributed by atoms with van der Waals surface area (Å²) in [5.74, 6) is 0.752. The summed E-state index contributed by atoms with van der Waals surface area (Å²) >= 11 is 0. The van der Waals surface area contributed by atoms with Gasteiger partial charge in [-0.3, -0.25) is 9.48 Å². The van der Waals surface area contributed by atoms with E-state index in [0.29, 0.717) is 18.7 Å². The van der Waals surface area contributed by atoms with Crippen molar-refractivity contribution in [1.29, 1.82) is 0 Å². The first kappa shape index (κ1) is 15.1. The van der Waals surface area contributed by atoms with Crippen LogP contribution in [-0.2, 0) is 13.1 Å². The molecule has 0 aliphatic heterocycles. The minimum Gasteiger partial charge on any atom is -0.494 e. The number of rotatable bonds is 6. The van der Waals surface area contributed by atoms with Crippen molar-refractivity contribution in [3.63, 3.8) is 0 Å². The zero-order valence-corrected chi connectivity index (χ0v) is 12.7. The topological polar surface area (TPSA) is 47.4 Å². The second kappa shape index (κ2) is 6.92. The maximum Gasteiger partial charge on any atom is 0.253 e. The van der Waals surface area contributed by atoms with Gasteiger partial charge in [-0.2, -0.15) is 5.10 Å². The molecule has 1 heterocycles. The van der Waals surface area contributed by atoms with E-state index in [2.05, 4.69) is 5.10 Å². The van der Waals surface area contributed by atoms with E-state index < -0.39 is 0 Å². The van der Waals surface area contributed by atoms with Crippen LogP contribution in [0.3, 0.4) is 0 Å². The van der Waals surface area contributed by atoms with Crippen LogP contribution in [0.5, 0.6) is 5.75 Å². The first-order valence-corrected chi connectivity index (χ1v) is 7.14. The second-order valence-corrected chi connectivity index (χ2v) is 4.78. The van der Waals surface area contributed by atoms with Crippen LogP contribution in [0, 0.1) is 0 Å². The minimum atomic E-state index is -0.0240. The molecule has 0 aliphatic carbocycles. The largest absolute Gasteiger partial charge is 0.494 e. The molecule has 5 heteroatoms. The number of aryl methyl sites for hydroxylation is 1. The van der Waals surface area contributed by atoms with E-state index >= 15 is 0 Å². The van der Waals surface area contributed by atoms with Crippen LogP contribution in [0.2, 0.25) is 0 Å². The highest BCUT2D eigenvalue weighted by Crippen LogP contribution is 2.14. The molecule has 5 nitrogen and oxygen atoms in total. The lowest BCUT2D eigenvalue weighted by Crippen LogP contribution is -2.26. The van der Waals surface area contributed by atoms with Crippen molar-refractivity contribution in [3.05, 3.63) is 47.8 Å². The van der Waals surface area contributed by atoms with Gasteiger partial charge in [0.2, 0.25) is 0 Å². The molecule has 0 N–H and O–H groups in total. The molecule has 0 saturated carbocycles. The van der Waals surface area contributed by atoms with Gasteiger partial charge in [0.05, 0.1) is 18.8 Å². The lowest BCUT2D eigenvalue weighted by molar-refractivity contribution is 0.0783. The van der Waals surface area contributed by atoms with Crippen molar-refractivity contribution in [3.8, 4) is 5.75 Å². The Morgan fingerprint density at radius 1 is 1.24 bits per heavy atom. The normalized spacial score (nSPS) is 10.4. The van der Waals surface area contributed by atoms with Gasteiger partial charge < -0.3 is 9.64 Å². The van der Waals surface area contributed by atoms with E-state index in [9.17, 15) is 4.79 Å². The standard InChI is InChI=1S/C16H21N3O2/c1-4-19-11-10-14(17-19)12-18(3)16(20)13-6-8-15(9-7-13)21-5-2/h6-11H,4-5,12H2,1-3H3. The SMILES string of the molecule is CCOc1ccc(C(=O)N(C)Cc2ccn(CC)n2)cc1. The third-order valence-corrected chi connectivity index (χ3v) is 3.18. The predicted molar refractivity (Wildman–Crippen MR) is 81.3 cm³/mol. The molecular weight excluding hydrogens is 266 g/mol. The first-order chi connectivity index (χ1) is 10.1. The van der Waals surface area contributed by atoms with Crippen LogP contribution in [0.4, 0.5) is 0 Å². The Morgan fingerprint density at radius 3 is 2.52 bits per heavy atom. The quantitative estimate of drug-likeness (QED) is 0.820. The molecule has 1 aromatic carbocycles. The molecule has 1 amide bonds. The smallest absolute Gasteiger partial charge is 0.253 e. The van der Waals surface area contributed by atoms with E-state index in [1.165, 1.54) is 0 Å². The number of aromatic nitrogens is 2. The minimum absolute atomic E-state index is 0.0240. The molecule has 1 aromatic heterocycles. The van der Waals surface area contributed by atoms with Crippen molar-refractivity contribution in [2.75, 3.05) is 13.7 Å². The van der Waals surface area contributed by atoms with Crippen LogP contribution in [0.25, 0.3) is 0 Å². The number of carbonyl (C=O) groups excluding carboxylic acids is 1. The molecule has 2 aromatic rings. The number of carbonyl (C=O) groups is 1. The van der Waals surface area contributed by atoms with Crippen LogP contribution >= 0.6 is 0 Å². The third kappa shape index (κ3) is 3.84. The zero-order chi connectivity index (χ0) is 15.2. The summed E-state index contributed by atoms with van der Waals surface area (Å²) in [6.07, 6.45) is 1.92. The van der Waals surface area contributed by atoms with E-state index in [1.807, 2.05) is 42.9 Å². The summed E-state index contributed by atoms with van der Waals surface area (Å²) in [6.45, 7) is 5.91. The highest BCUT2D eigenvalue weighted by Gasteiger charge is 2.13. The molecule has 0 bridgehead atoms. The second-order valence-electron chi connectivity index (χ2n) is 4.78. The fraction of sp³-hybridized carbons (Fsp3) is 0.375. The van der Waals surface area contributed by atoms with Gasteiger partial charge >= 0.3 is 0 Å². The average molecular weight is 287 g/mol. The summed E-state index contributed by atoms with van der Waals surface area (Å²) in [7, 11) is 1.78. The van der Waals surface area contributed by atoms with Crippen molar-refractivity contribution in [2.24, 2.45) is 0 Å². The maximum absolute atomic E-state index is 12.3. The highest BCUT2D eigenvalue weighted by molar-refractivity contribution is 5.94. The summed E-state index contributed by atoms with van der Waals surface area (Å²) in [5, 5.41) is 4.39. The molecule has 2 rings (SSSR count).